The Bertz CT molecular complexity index is 846. The Hall–Kier alpha value is -2.90. The van der Waals surface area contributed by atoms with Crippen molar-refractivity contribution in [1.29, 1.82) is 0 Å². The molecule has 0 bridgehead atoms. The van der Waals surface area contributed by atoms with Crippen molar-refractivity contribution in [2.75, 3.05) is 7.11 Å². The van der Waals surface area contributed by atoms with Crippen LogP contribution in [-0.2, 0) is 9.53 Å². The lowest BCUT2D eigenvalue weighted by atomic mass is 9.85. The first kappa shape index (κ1) is 20.8. The lowest BCUT2D eigenvalue weighted by Gasteiger charge is -2.26. The first-order valence-corrected chi connectivity index (χ1v) is 10.1. The number of methoxy groups -OCH3 is 1. The maximum absolute atomic E-state index is 12.0. The number of esters is 1. The van der Waals surface area contributed by atoms with Crippen LogP contribution in [0.15, 0.2) is 65.7 Å². The van der Waals surface area contributed by atoms with Gasteiger partial charge in [-0.3, -0.25) is 9.79 Å². The molecule has 0 saturated heterocycles. The summed E-state index contributed by atoms with van der Waals surface area (Å²) in [5, 5.41) is 10.7. The maximum atomic E-state index is 12.0. The normalized spacial score (nSPS) is 16.1. The minimum atomic E-state index is -0.984. The average molecular weight is 389 g/mol. The number of aliphatic hydroxyl groups is 1. The fourth-order valence-electron chi connectivity index (χ4n) is 3.51. The van der Waals surface area contributed by atoms with Crippen LogP contribution in [0.2, 0.25) is 0 Å². The van der Waals surface area contributed by atoms with Gasteiger partial charge in [-0.2, -0.15) is 0 Å². The molecule has 0 aliphatic heterocycles. The molecule has 3 rings (SSSR count). The van der Waals surface area contributed by atoms with Crippen LogP contribution >= 0.6 is 0 Å². The van der Waals surface area contributed by atoms with E-state index in [1.54, 1.807) is 0 Å². The lowest BCUT2D eigenvalue weighted by Crippen LogP contribution is -2.29. The molecular weight excluding hydrogens is 362 g/mol. The van der Waals surface area contributed by atoms with Crippen LogP contribution in [0.3, 0.4) is 0 Å². The predicted octanol–water partition coefficient (Wildman–Crippen LogP) is 4.15. The van der Waals surface area contributed by atoms with E-state index in [9.17, 15) is 9.90 Å². The fourth-order valence-corrected chi connectivity index (χ4v) is 3.51. The molecule has 1 aliphatic rings. The second-order valence-electron chi connectivity index (χ2n) is 7.37. The molecule has 0 spiro atoms. The Kier molecular flexibility index (Phi) is 7.21. The van der Waals surface area contributed by atoms with E-state index in [1.807, 2.05) is 60.7 Å². The number of nitrogens with zero attached hydrogens (tertiary/aromatic N) is 1. The van der Waals surface area contributed by atoms with Crippen LogP contribution in [0.25, 0.3) is 0 Å². The van der Waals surface area contributed by atoms with Crippen LogP contribution in [0.5, 0.6) is 0 Å². The van der Waals surface area contributed by atoms with E-state index in [2.05, 4.69) is 11.8 Å². The number of rotatable bonds is 5. The molecular formula is C25H27NO3. The van der Waals surface area contributed by atoms with Crippen molar-refractivity contribution in [2.24, 2.45) is 4.99 Å². The minimum absolute atomic E-state index is 0.0444. The van der Waals surface area contributed by atoms with Crippen LogP contribution in [0, 0.1) is 11.8 Å². The summed E-state index contributed by atoms with van der Waals surface area (Å²) in [5.41, 5.74) is 1.69. The molecule has 1 atom stereocenters. The molecule has 29 heavy (non-hydrogen) atoms. The SMILES string of the molecule is COC(=O)CC(C#CC1(O)CCCCC1)N=C(c1ccccc1)c1ccccc1. The van der Waals surface area contributed by atoms with Gasteiger partial charge in [0, 0.05) is 11.1 Å². The van der Waals surface area contributed by atoms with Gasteiger partial charge in [0.15, 0.2) is 0 Å². The van der Waals surface area contributed by atoms with E-state index in [0.717, 1.165) is 36.1 Å². The molecule has 2 aromatic rings. The molecule has 1 saturated carbocycles. The van der Waals surface area contributed by atoms with Crippen LogP contribution < -0.4 is 0 Å². The zero-order valence-electron chi connectivity index (χ0n) is 16.8. The lowest BCUT2D eigenvalue weighted by molar-refractivity contribution is -0.140. The van der Waals surface area contributed by atoms with Crippen molar-refractivity contribution in [3.63, 3.8) is 0 Å². The monoisotopic (exact) mass is 389 g/mol. The van der Waals surface area contributed by atoms with E-state index < -0.39 is 11.6 Å². The highest BCUT2D eigenvalue weighted by molar-refractivity contribution is 6.13. The second-order valence-corrected chi connectivity index (χ2v) is 7.37. The topological polar surface area (TPSA) is 58.9 Å². The van der Waals surface area contributed by atoms with Crippen LogP contribution in [-0.4, -0.2) is 35.5 Å². The molecule has 0 heterocycles. The Labute approximate surface area is 172 Å². The van der Waals surface area contributed by atoms with Crippen molar-refractivity contribution in [3.05, 3.63) is 71.8 Å². The van der Waals surface area contributed by atoms with Crippen LogP contribution in [0.4, 0.5) is 0 Å². The van der Waals surface area contributed by atoms with Gasteiger partial charge in [0.25, 0.3) is 0 Å². The average Bonchev–Trinajstić information content (AvgIpc) is 2.77. The van der Waals surface area contributed by atoms with Crippen molar-refractivity contribution in [1.82, 2.24) is 0 Å². The number of benzene rings is 2. The first-order valence-electron chi connectivity index (χ1n) is 10.1. The fraction of sp³-hybridized carbons (Fsp3) is 0.360. The largest absolute Gasteiger partial charge is 0.469 e. The van der Waals surface area contributed by atoms with Crippen LogP contribution in [0.1, 0.15) is 49.7 Å². The third-order valence-electron chi connectivity index (χ3n) is 5.12. The zero-order chi connectivity index (χ0) is 20.5. The Morgan fingerprint density at radius 2 is 1.59 bits per heavy atom. The summed E-state index contributed by atoms with van der Waals surface area (Å²) in [7, 11) is 1.36. The summed E-state index contributed by atoms with van der Waals surface area (Å²) in [4.78, 5) is 16.8. The summed E-state index contributed by atoms with van der Waals surface area (Å²) in [5.74, 6) is 5.73. The third-order valence-corrected chi connectivity index (χ3v) is 5.12. The second kappa shape index (κ2) is 10.0. The van der Waals surface area contributed by atoms with E-state index in [1.165, 1.54) is 7.11 Å². The standard InChI is InChI=1S/C25H27NO3/c1-29-23(27)19-22(15-18-25(28)16-9-4-10-17-25)26-24(20-11-5-2-6-12-20)21-13-7-3-8-14-21/h2-3,5-8,11-14,22,28H,4,9-10,16-17,19H2,1H3. The van der Waals surface area contributed by atoms with Gasteiger partial charge in [-0.25, -0.2) is 0 Å². The van der Waals surface area contributed by atoms with E-state index in [-0.39, 0.29) is 12.4 Å². The van der Waals surface area contributed by atoms with Crippen molar-refractivity contribution < 1.29 is 14.6 Å². The zero-order valence-corrected chi connectivity index (χ0v) is 16.8. The number of carbonyl (C=O) groups excluding carboxylic acids is 1. The molecule has 1 N–H and O–H groups in total. The molecule has 0 radical (unpaired) electrons. The highest BCUT2D eigenvalue weighted by Crippen LogP contribution is 2.27. The quantitative estimate of drug-likeness (QED) is 0.475. The number of hydrogen-bond donors (Lipinski definition) is 1. The minimum Gasteiger partial charge on any atom is -0.469 e. The highest BCUT2D eigenvalue weighted by Gasteiger charge is 2.27. The summed E-state index contributed by atoms with van der Waals surface area (Å²) < 4.78 is 4.85. The number of ether oxygens (including phenoxy) is 1. The summed E-state index contributed by atoms with van der Waals surface area (Å²) in [6.07, 6.45) is 4.44. The molecule has 2 aromatic carbocycles. The molecule has 0 aromatic heterocycles. The third kappa shape index (κ3) is 6.04. The van der Waals surface area contributed by atoms with E-state index in [0.29, 0.717) is 12.8 Å². The van der Waals surface area contributed by atoms with Gasteiger partial charge in [0.2, 0.25) is 0 Å². The molecule has 150 valence electrons. The van der Waals surface area contributed by atoms with Crippen molar-refractivity contribution in [2.45, 2.75) is 50.2 Å². The van der Waals surface area contributed by atoms with Gasteiger partial charge in [-0.15, -0.1) is 0 Å². The van der Waals surface area contributed by atoms with Gasteiger partial charge in [0.1, 0.15) is 11.6 Å². The molecule has 4 nitrogen and oxygen atoms in total. The van der Waals surface area contributed by atoms with Gasteiger partial charge in [0.05, 0.1) is 19.2 Å². The first-order chi connectivity index (χ1) is 14.1. The number of hydrogen-bond acceptors (Lipinski definition) is 4. The van der Waals surface area contributed by atoms with Crippen molar-refractivity contribution >= 4 is 11.7 Å². The van der Waals surface area contributed by atoms with E-state index >= 15 is 0 Å². The summed E-state index contributed by atoms with van der Waals surface area (Å²) in [6, 6.07) is 19.1. The highest BCUT2D eigenvalue weighted by atomic mass is 16.5. The molecule has 0 amide bonds. The number of carbonyl (C=O) groups is 1. The smallest absolute Gasteiger partial charge is 0.308 e. The number of aliphatic imine (C=N–C) groups is 1. The van der Waals surface area contributed by atoms with E-state index in [4.69, 9.17) is 9.73 Å². The molecule has 4 heteroatoms. The predicted molar refractivity (Wildman–Crippen MR) is 115 cm³/mol. The van der Waals surface area contributed by atoms with Gasteiger partial charge in [-0.1, -0.05) is 78.9 Å². The summed E-state index contributed by atoms with van der Waals surface area (Å²) in [6.45, 7) is 0. The maximum Gasteiger partial charge on any atom is 0.308 e. The Balaban J connectivity index is 2.00. The Morgan fingerprint density at radius 1 is 1.03 bits per heavy atom. The van der Waals surface area contributed by atoms with Gasteiger partial charge >= 0.3 is 5.97 Å². The molecule has 1 unspecified atom stereocenters. The molecule has 1 aliphatic carbocycles. The van der Waals surface area contributed by atoms with Gasteiger partial charge < -0.3 is 9.84 Å². The van der Waals surface area contributed by atoms with Crippen molar-refractivity contribution in [3.8, 4) is 11.8 Å². The van der Waals surface area contributed by atoms with Gasteiger partial charge in [-0.05, 0) is 25.7 Å². The molecule has 1 fully saturated rings. The summed E-state index contributed by atoms with van der Waals surface area (Å²) >= 11 is 0. The Morgan fingerprint density at radius 3 is 2.10 bits per heavy atom.